The van der Waals surface area contributed by atoms with Gasteiger partial charge in [-0.05, 0) is 12.1 Å². The van der Waals surface area contributed by atoms with Crippen molar-refractivity contribution in [2.45, 2.75) is 17.1 Å². The molecule has 1 aromatic carbocycles. The first-order valence-corrected chi connectivity index (χ1v) is 7.77. The molecule has 0 aromatic heterocycles. The number of benzene rings is 1. The van der Waals surface area contributed by atoms with Crippen LogP contribution in [0.4, 0.5) is 5.69 Å². The van der Waals surface area contributed by atoms with Gasteiger partial charge in [0.05, 0.1) is 17.1 Å². The molecule has 20 heavy (non-hydrogen) atoms. The minimum atomic E-state index is -4.16. The monoisotopic (exact) mass is 366 g/mol. The Morgan fingerprint density at radius 3 is 2.35 bits per heavy atom. The fourth-order valence-corrected chi connectivity index (χ4v) is 4.09. The van der Waals surface area contributed by atoms with Crippen LogP contribution in [0.3, 0.4) is 0 Å². The zero-order valence-electron chi connectivity index (χ0n) is 10.0. The molecule has 2 atom stereocenters. The second-order valence-corrected chi connectivity index (χ2v) is 7.15. The molecule has 0 saturated carbocycles. The molecule has 1 aromatic rings. The number of sulfonamides is 1. The Labute approximate surface area is 123 Å². The number of nitro groups is 1. The summed E-state index contributed by atoms with van der Waals surface area (Å²) in [5.41, 5.74) is -0.552. The first kappa shape index (κ1) is 15.3. The molecule has 0 spiro atoms. The Kier molecular flexibility index (Phi) is 4.12. The van der Waals surface area contributed by atoms with E-state index in [1.807, 2.05) is 0 Å². The van der Waals surface area contributed by atoms with Crippen molar-refractivity contribution in [1.29, 1.82) is 0 Å². The van der Waals surface area contributed by atoms with Gasteiger partial charge in [-0.3, -0.25) is 10.1 Å². The molecule has 110 valence electrons. The van der Waals surface area contributed by atoms with Crippen LogP contribution < -0.4 is 0 Å². The van der Waals surface area contributed by atoms with Gasteiger partial charge in [-0.15, -0.1) is 0 Å². The maximum absolute atomic E-state index is 12.4. The van der Waals surface area contributed by atoms with E-state index in [-0.39, 0.29) is 13.1 Å². The molecule has 1 heterocycles. The minimum absolute atomic E-state index is 0.298. The predicted molar refractivity (Wildman–Crippen MR) is 71.6 cm³/mol. The van der Waals surface area contributed by atoms with Crippen molar-refractivity contribution in [2.24, 2.45) is 0 Å². The summed E-state index contributed by atoms with van der Waals surface area (Å²) in [6.45, 7) is -0.597. The van der Waals surface area contributed by atoms with E-state index < -0.39 is 37.7 Å². The van der Waals surface area contributed by atoms with Crippen LogP contribution in [0.1, 0.15) is 0 Å². The maximum atomic E-state index is 12.4. The Hall–Kier alpha value is -1.07. The van der Waals surface area contributed by atoms with Gasteiger partial charge in [0.15, 0.2) is 4.90 Å². The number of β-amino-alcohol motifs (C(OH)–C–C–N with tert-alkyl or cyclic N) is 2. The fraction of sp³-hybridized carbons (Fsp3) is 0.400. The summed E-state index contributed by atoms with van der Waals surface area (Å²) in [6, 6.07) is 3.58. The van der Waals surface area contributed by atoms with E-state index in [4.69, 9.17) is 0 Å². The van der Waals surface area contributed by atoms with E-state index in [0.717, 1.165) is 16.4 Å². The standard InChI is InChI=1S/C10H11BrN2O6S/c11-6-1-2-7(13(16)17)10(3-6)20(18,19)12-4-8(14)9(15)5-12/h1-3,8-9,14-15H,4-5H2. The number of aliphatic hydroxyl groups excluding tert-OH is 2. The summed E-state index contributed by atoms with van der Waals surface area (Å²) in [6.07, 6.45) is -2.40. The van der Waals surface area contributed by atoms with Gasteiger partial charge in [-0.25, -0.2) is 8.42 Å². The third kappa shape index (κ3) is 2.69. The number of rotatable bonds is 3. The van der Waals surface area contributed by atoms with Crippen LogP contribution in [-0.4, -0.2) is 53.2 Å². The molecule has 2 rings (SSSR count). The second-order valence-electron chi connectivity index (χ2n) is 4.33. The SMILES string of the molecule is O=[N+]([O-])c1ccc(Br)cc1S(=O)(=O)N1CC(O)C(O)C1. The zero-order chi connectivity index (χ0) is 15.1. The number of nitrogens with zero attached hydrogens (tertiary/aromatic N) is 2. The number of hydrogen-bond acceptors (Lipinski definition) is 6. The van der Waals surface area contributed by atoms with Gasteiger partial charge in [-0.2, -0.15) is 4.31 Å². The van der Waals surface area contributed by atoms with Crippen LogP contribution >= 0.6 is 15.9 Å². The lowest BCUT2D eigenvalue weighted by atomic mass is 10.3. The van der Waals surface area contributed by atoms with Crippen molar-refractivity contribution in [1.82, 2.24) is 4.31 Å². The van der Waals surface area contributed by atoms with Crippen molar-refractivity contribution in [2.75, 3.05) is 13.1 Å². The molecule has 2 N–H and O–H groups in total. The van der Waals surface area contributed by atoms with Crippen LogP contribution in [0.25, 0.3) is 0 Å². The second kappa shape index (κ2) is 5.37. The molecular formula is C10H11BrN2O6S. The highest BCUT2D eigenvalue weighted by Crippen LogP contribution is 2.31. The predicted octanol–water partition coefficient (Wildman–Crippen LogP) is 0.0834. The van der Waals surface area contributed by atoms with E-state index in [1.165, 1.54) is 6.07 Å². The lowest BCUT2D eigenvalue weighted by molar-refractivity contribution is -0.387. The highest BCUT2D eigenvalue weighted by molar-refractivity contribution is 9.10. The van der Waals surface area contributed by atoms with Gasteiger partial charge in [0.1, 0.15) is 0 Å². The topological polar surface area (TPSA) is 121 Å². The number of halogens is 1. The summed E-state index contributed by atoms with van der Waals surface area (Å²) in [5.74, 6) is 0. The Balaban J connectivity index is 2.50. The van der Waals surface area contributed by atoms with Crippen molar-refractivity contribution in [3.8, 4) is 0 Å². The van der Waals surface area contributed by atoms with E-state index >= 15 is 0 Å². The summed E-state index contributed by atoms with van der Waals surface area (Å²) in [5, 5.41) is 29.8. The third-order valence-corrected chi connectivity index (χ3v) is 5.32. The Morgan fingerprint density at radius 2 is 1.85 bits per heavy atom. The quantitative estimate of drug-likeness (QED) is 0.577. The highest BCUT2D eigenvalue weighted by atomic mass is 79.9. The summed E-state index contributed by atoms with van der Waals surface area (Å²) < 4.78 is 26.0. The molecule has 0 bridgehead atoms. The first-order chi connectivity index (χ1) is 9.23. The normalized spacial score (nSPS) is 23.9. The lowest BCUT2D eigenvalue weighted by Crippen LogP contribution is -2.30. The lowest BCUT2D eigenvalue weighted by Gasteiger charge is -2.15. The molecule has 1 aliphatic rings. The van der Waals surface area contributed by atoms with Crippen molar-refractivity contribution in [3.63, 3.8) is 0 Å². The highest BCUT2D eigenvalue weighted by Gasteiger charge is 2.40. The van der Waals surface area contributed by atoms with Gasteiger partial charge in [-0.1, -0.05) is 15.9 Å². The summed E-state index contributed by atoms with van der Waals surface area (Å²) in [7, 11) is -4.16. The smallest absolute Gasteiger partial charge is 0.289 e. The van der Waals surface area contributed by atoms with Crippen molar-refractivity contribution < 1.29 is 23.6 Å². The molecule has 0 aliphatic carbocycles. The van der Waals surface area contributed by atoms with E-state index in [1.54, 1.807) is 0 Å². The van der Waals surface area contributed by atoms with Crippen LogP contribution in [-0.2, 0) is 10.0 Å². The molecule has 8 nitrogen and oxygen atoms in total. The molecule has 0 radical (unpaired) electrons. The van der Waals surface area contributed by atoms with Gasteiger partial charge in [0.25, 0.3) is 5.69 Å². The van der Waals surface area contributed by atoms with Gasteiger partial charge >= 0.3 is 0 Å². The minimum Gasteiger partial charge on any atom is -0.389 e. The molecule has 0 amide bonds. The van der Waals surface area contributed by atoms with Gasteiger partial charge in [0, 0.05) is 23.6 Å². The maximum Gasteiger partial charge on any atom is 0.289 e. The third-order valence-electron chi connectivity index (χ3n) is 2.96. The van der Waals surface area contributed by atoms with Gasteiger partial charge < -0.3 is 10.2 Å². The Bertz CT molecular complexity index is 639. The first-order valence-electron chi connectivity index (χ1n) is 5.53. The zero-order valence-corrected chi connectivity index (χ0v) is 12.4. The van der Waals surface area contributed by atoms with Crippen LogP contribution in [0.2, 0.25) is 0 Å². The molecule has 1 saturated heterocycles. The molecular weight excluding hydrogens is 356 g/mol. The molecule has 10 heteroatoms. The van der Waals surface area contributed by atoms with Crippen LogP contribution in [0.5, 0.6) is 0 Å². The van der Waals surface area contributed by atoms with E-state index in [2.05, 4.69) is 15.9 Å². The fourth-order valence-electron chi connectivity index (χ4n) is 1.92. The van der Waals surface area contributed by atoms with E-state index in [0.29, 0.717) is 4.47 Å². The van der Waals surface area contributed by atoms with Crippen molar-refractivity contribution >= 4 is 31.6 Å². The number of nitro benzene ring substituents is 1. The van der Waals surface area contributed by atoms with Gasteiger partial charge in [0.2, 0.25) is 10.0 Å². The summed E-state index contributed by atoms with van der Waals surface area (Å²) in [4.78, 5) is 9.67. The summed E-state index contributed by atoms with van der Waals surface area (Å²) >= 11 is 3.07. The average molecular weight is 367 g/mol. The molecule has 1 fully saturated rings. The van der Waals surface area contributed by atoms with Crippen LogP contribution in [0, 0.1) is 10.1 Å². The molecule has 1 aliphatic heterocycles. The van der Waals surface area contributed by atoms with E-state index in [9.17, 15) is 28.7 Å². The molecule has 2 unspecified atom stereocenters. The van der Waals surface area contributed by atoms with Crippen molar-refractivity contribution in [3.05, 3.63) is 32.8 Å². The number of hydrogen-bond donors (Lipinski definition) is 2. The largest absolute Gasteiger partial charge is 0.389 e. The average Bonchev–Trinajstić information content (AvgIpc) is 2.70. The Morgan fingerprint density at radius 1 is 1.30 bits per heavy atom. The number of aliphatic hydroxyl groups is 2. The van der Waals surface area contributed by atoms with Crippen LogP contribution in [0.15, 0.2) is 27.6 Å².